The van der Waals surface area contributed by atoms with Crippen molar-refractivity contribution in [2.75, 3.05) is 10.7 Å². The van der Waals surface area contributed by atoms with Gasteiger partial charge in [0.25, 0.3) is 5.91 Å². The summed E-state index contributed by atoms with van der Waals surface area (Å²) in [6.45, 7) is 5.86. The van der Waals surface area contributed by atoms with E-state index in [9.17, 15) is 4.79 Å². The molecule has 110 valence electrons. The van der Waals surface area contributed by atoms with Crippen LogP contribution in [0.25, 0.3) is 0 Å². The quantitative estimate of drug-likeness (QED) is 0.592. The minimum Gasteiger partial charge on any atom is -0.320 e. The molecule has 2 aromatic heterocycles. The maximum atomic E-state index is 12.4. The molecule has 2 rings (SSSR count). The molecular formula is C15H19N5O. The number of amides is 1. The maximum absolute atomic E-state index is 12.4. The third kappa shape index (κ3) is 3.55. The fourth-order valence-electron chi connectivity index (χ4n) is 1.86. The Kier molecular flexibility index (Phi) is 4.49. The molecule has 6 heteroatoms. The molecule has 6 nitrogen and oxygen atoms in total. The summed E-state index contributed by atoms with van der Waals surface area (Å²) in [6.07, 6.45) is 1.69. The Hall–Kier alpha value is -2.47. The van der Waals surface area contributed by atoms with Gasteiger partial charge in [0.15, 0.2) is 0 Å². The van der Waals surface area contributed by atoms with E-state index in [1.54, 1.807) is 24.4 Å². The van der Waals surface area contributed by atoms with Crippen LogP contribution in [0.2, 0.25) is 0 Å². The Balaban J connectivity index is 2.30. The Morgan fingerprint density at radius 1 is 1.33 bits per heavy atom. The van der Waals surface area contributed by atoms with E-state index in [-0.39, 0.29) is 11.8 Å². The summed E-state index contributed by atoms with van der Waals surface area (Å²) >= 11 is 0. The van der Waals surface area contributed by atoms with Crippen LogP contribution in [-0.2, 0) is 0 Å². The third-order valence-electron chi connectivity index (χ3n) is 3.10. The van der Waals surface area contributed by atoms with Crippen molar-refractivity contribution in [3.8, 4) is 0 Å². The molecule has 0 aromatic carbocycles. The average Bonchev–Trinajstić information content (AvgIpc) is 2.49. The van der Waals surface area contributed by atoms with E-state index in [1.807, 2.05) is 26.8 Å². The monoisotopic (exact) mass is 285 g/mol. The maximum Gasteiger partial charge on any atom is 0.255 e. The molecular weight excluding hydrogens is 266 g/mol. The van der Waals surface area contributed by atoms with Crippen LogP contribution in [0.15, 0.2) is 30.5 Å². The van der Waals surface area contributed by atoms with Crippen molar-refractivity contribution in [2.24, 2.45) is 5.84 Å². The predicted octanol–water partition coefficient (Wildman–Crippen LogP) is 2.45. The van der Waals surface area contributed by atoms with Crippen molar-refractivity contribution >= 4 is 17.4 Å². The fraction of sp³-hybridized carbons (Fsp3) is 0.267. The molecule has 0 unspecified atom stereocenters. The van der Waals surface area contributed by atoms with E-state index in [0.29, 0.717) is 17.1 Å². The highest BCUT2D eigenvalue weighted by molar-refractivity contribution is 6.05. The molecule has 0 bridgehead atoms. The molecule has 1 amide bonds. The smallest absolute Gasteiger partial charge is 0.255 e. The number of hydrazine groups is 1. The molecule has 0 saturated heterocycles. The SMILES string of the molecule is Cc1ncccc1NC(=O)c1cc(NN)nc(C(C)C)c1. The summed E-state index contributed by atoms with van der Waals surface area (Å²) in [5.41, 5.74) is 5.25. The molecule has 4 N–H and O–H groups in total. The van der Waals surface area contributed by atoms with E-state index in [1.165, 1.54) is 0 Å². The van der Waals surface area contributed by atoms with Gasteiger partial charge >= 0.3 is 0 Å². The van der Waals surface area contributed by atoms with Crippen LogP contribution in [0.4, 0.5) is 11.5 Å². The van der Waals surface area contributed by atoms with E-state index < -0.39 is 0 Å². The normalized spacial score (nSPS) is 10.5. The summed E-state index contributed by atoms with van der Waals surface area (Å²) in [6, 6.07) is 6.98. The van der Waals surface area contributed by atoms with Crippen molar-refractivity contribution in [2.45, 2.75) is 26.7 Å². The van der Waals surface area contributed by atoms with E-state index in [2.05, 4.69) is 20.7 Å². The molecule has 2 aromatic rings. The number of pyridine rings is 2. The van der Waals surface area contributed by atoms with Gasteiger partial charge < -0.3 is 10.7 Å². The molecule has 2 heterocycles. The van der Waals surface area contributed by atoms with Gasteiger partial charge in [0, 0.05) is 17.5 Å². The highest BCUT2D eigenvalue weighted by Crippen LogP contribution is 2.19. The zero-order valence-electron chi connectivity index (χ0n) is 12.3. The molecule has 0 spiro atoms. The minimum absolute atomic E-state index is 0.199. The minimum atomic E-state index is -0.216. The lowest BCUT2D eigenvalue weighted by molar-refractivity contribution is 0.102. The molecule has 0 atom stereocenters. The largest absolute Gasteiger partial charge is 0.320 e. The topological polar surface area (TPSA) is 92.9 Å². The first-order valence-corrected chi connectivity index (χ1v) is 6.73. The van der Waals surface area contributed by atoms with Crippen molar-refractivity contribution in [1.29, 1.82) is 0 Å². The molecule has 0 saturated carbocycles. The third-order valence-corrected chi connectivity index (χ3v) is 3.10. The Morgan fingerprint density at radius 3 is 2.71 bits per heavy atom. The van der Waals surface area contributed by atoms with Gasteiger partial charge in [0.05, 0.1) is 11.4 Å². The number of nitrogens with one attached hydrogen (secondary N) is 2. The number of hydrogen-bond acceptors (Lipinski definition) is 5. The zero-order valence-corrected chi connectivity index (χ0v) is 12.3. The first-order chi connectivity index (χ1) is 10.0. The van der Waals surface area contributed by atoms with Gasteiger partial charge in [-0.1, -0.05) is 13.8 Å². The number of hydrogen-bond donors (Lipinski definition) is 3. The van der Waals surface area contributed by atoms with Gasteiger partial charge in [0.2, 0.25) is 0 Å². The standard InChI is InChI=1S/C15H19N5O/c1-9(2)13-7-11(8-14(18-13)20-16)15(21)19-12-5-4-6-17-10(12)3/h4-9H,16H2,1-3H3,(H,18,20)(H,19,21). The van der Waals surface area contributed by atoms with Gasteiger partial charge in [-0.15, -0.1) is 0 Å². The lowest BCUT2D eigenvalue weighted by Crippen LogP contribution is -2.16. The average molecular weight is 285 g/mol. The number of nitrogen functional groups attached to an aromatic ring is 1. The second-order valence-electron chi connectivity index (χ2n) is 5.06. The van der Waals surface area contributed by atoms with Crippen LogP contribution in [0.1, 0.15) is 41.5 Å². The van der Waals surface area contributed by atoms with Gasteiger partial charge in [-0.05, 0) is 37.1 Å². The molecule has 0 aliphatic carbocycles. The highest BCUT2D eigenvalue weighted by atomic mass is 16.1. The van der Waals surface area contributed by atoms with Crippen LogP contribution in [-0.4, -0.2) is 15.9 Å². The van der Waals surface area contributed by atoms with Gasteiger partial charge in [-0.2, -0.15) is 0 Å². The number of aromatic nitrogens is 2. The Labute approximate surface area is 123 Å². The van der Waals surface area contributed by atoms with E-state index in [4.69, 9.17) is 5.84 Å². The summed E-state index contributed by atoms with van der Waals surface area (Å²) in [5.74, 6) is 5.86. The molecule has 0 fully saturated rings. The van der Waals surface area contributed by atoms with Gasteiger partial charge in [-0.25, -0.2) is 10.8 Å². The number of rotatable bonds is 4. The summed E-state index contributed by atoms with van der Waals surface area (Å²) in [5, 5.41) is 2.85. The first kappa shape index (κ1) is 14.9. The van der Waals surface area contributed by atoms with Crippen molar-refractivity contribution < 1.29 is 4.79 Å². The lowest BCUT2D eigenvalue weighted by Gasteiger charge is -2.12. The zero-order chi connectivity index (χ0) is 15.4. The first-order valence-electron chi connectivity index (χ1n) is 6.73. The summed E-state index contributed by atoms with van der Waals surface area (Å²) in [7, 11) is 0. The van der Waals surface area contributed by atoms with Gasteiger partial charge in [0.1, 0.15) is 5.82 Å². The second kappa shape index (κ2) is 6.32. The number of carbonyl (C=O) groups is 1. The number of aryl methyl sites for hydroxylation is 1. The molecule has 0 radical (unpaired) electrons. The number of nitrogens with zero attached hydrogens (tertiary/aromatic N) is 2. The van der Waals surface area contributed by atoms with Crippen LogP contribution in [0.3, 0.4) is 0 Å². The van der Waals surface area contributed by atoms with Gasteiger partial charge in [-0.3, -0.25) is 9.78 Å². The Morgan fingerprint density at radius 2 is 2.10 bits per heavy atom. The lowest BCUT2D eigenvalue weighted by atomic mass is 10.1. The summed E-state index contributed by atoms with van der Waals surface area (Å²) in [4.78, 5) is 20.8. The van der Waals surface area contributed by atoms with Crippen LogP contribution < -0.4 is 16.6 Å². The number of carbonyl (C=O) groups excluding carboxylic acids is 1. The van der Waals surface area contributed by atoms with Crippen LogP contribution in [0, 0.1) is 6.92 Å². The number of nitrogens with two attached hydrogens (primary N) is 1. The summed E-state index contributed by atoms with van der Waals surface area (Å²) < 4.78 is 0. The van der Waals surface area contributed by atoms with Crippen molar-refractivity contribution in [3.05, 3.63) is 47.4 Å². The molecule has 21 heavy (non-hydrogen) atoms. The van der Waals surface area contributed by atoms with Crippen LogP contribution in [0.5, 0.6) is 0 Å². The molecule has 0 aliphatic heterocycles. The van der Waals surface area contributed by atoms with Crippen molar-refractivity contribution in [3.63, 3.8) is 0 Å². The van der Waals surface area contributed by atoms with Crippen LogP contribution >= 0.6 is 0 Å². The highest BCUT2D eigenvalue weighted by Gasteiger charge is 2.12. The fourth-order valence-corrected chi connectivity index (χ4v) is 1.86. The second-order valence-corrected chi connectivity index (χ2v) is 5.06. The predicted molar refractivity (Wildman–Crippen MR) is 83.1 cm³/mol. The number of anilines is 2. The van der Waals surface area contributed by atoms with E-state index >= 15 is 0 Å². The Bertz CT molecular complexity index is 654. The molecule has 0 aliphatic rings. The van der Waals surface area contributed by atoms with E-state index in [0.717, 1.165) is 11.4 Å². The van der Waals surface area contributed by atoms with Crippen molar-refractivity contribution in [1.82, 2.24) is 9.97 Å².